The molecule has 4 aromatic heterocycles. The molecule has 0 saturated heterocycles. The highest BCUT2D eigenvalue weighted by molar-refractivity contribution is 6.23. The summed E-state index contributed by atoms with van der Waals surface area (Å²) in [5.74, 6) is 1.81. The standard InChI is InChI=1S/C48H28N4O2/c1-3-14-29(15-4-1)46-50-47(30-16-5-2-6-17-30)52-48(51-46)32-19-11-18-31(28-32)43-42-37-21-8-10-27-40(37)54-45(42)41-34(22-13-25-38(41)49-43)36-24-12-23-35-33-20-7-9-26-39(33)53-44(35)36/h1-28H. The van der Waals surface area contributed by atoms with Gasteiger partial charge in [-0.15, -0.1) is 0 Å². The van der Waals surface area contributed by atoms with E-state index in [0.717, 1.165) is 93.9 Å². The number of furan rings is 2. The largest absolute Gasteiger partial charge is 0.455 e. The number of fused-ring (bicyclic) bond motifs is 8. The molecule has 0 saturated carbocycles. The van der Waals surface area contributed by atoms with Crippen molar-refractivity contribution in [1.29, 1.82) is 0 Å². The van der Waals surface area contributed by atoms with Gasteiger partial charge in [-0.2, -0.15) is 0 Å². The molecule has 0 aliphatic rings. The maximum Gasteiger partial charge on any atom is 0.164 e. The number of benzene rings is 7. The third-order valence-electron chi connectivity index (χ3n) is 10.1. The first kappa shape index (κ1) is 30.2. The summed E-state index contributed by atoms with van der Waals surface area (Å²) in [5.41, 5.74) is 10.6. The normalized spacial score (nSPS) is 11.7. The van der Waals surface area contributed by atoms with Crippen molar-refractivity contribution in [3.05, 3.63) is 170 Å². The average molecular weight is 693 g/mol. The Morgan fingerprint density at radius 1 is 0.333 bits per heavy atom. The molecule has 0 spiro atoms. The van der Waals surface area contributed by atoms with Crippen LogP contribution in [-0.2, 0) is 0 Å². The van der Waals surface area contributed by atoms with Crippen molar-refractivity contribution >= 4 is 54.8 Å². The van der Waals surface area contributed by atoms with Crippen molar-refractivity contribution in [2.75, 3.05) is 0 Å². The number of rotatable bonds is 5. The zero-order valence-corrected chi connectivity index (χ0v) is 28.8. The Hall–Kier alpha value is -7.44. The number of para-hydroxylation sites is 3. The van der Waals surface area contributed by atoms with Crippen molar-refractivity contribution in [3.63, 3.8) is 0 Å². The molecule has 0 N–H and O–H groups in total. The quantitative estimate of drug-likeness (QED) is 0.179. The first-order valence-corrected chi connectivity index (χ1v) is 17.9. The van der Waals surface area contributed by atoms with Crippen LogP contribution in [0.2, 0.25) is 0 Å². The number of nitrogens with zero attached hydrogens (tertiary/aromatic N) is 4. The third-order valence-corrected chi connectivity index (χ3v) is 10.1. The van der Waals surface area contributed by atoms with Crippen molar-refractivity contribution in [1.82, 2.24) is 19.9 Å². The van der Waals surface area contributed by atoms with E-state index in [4.69, 9.17) is 28.8 Å². The van der Waals surface area contributed by atoms with Crippen molar-refractivity contribution in [3.8, 4) is 56.5 Å². The Kier molecular flexibility index (Phi) is 6.75. The van der Waals surface area contributed by atoms with Crippen LogP contribution in [0.4, 0.5) is 0 Å². The van der Waals surface area contributed by atoms with Gasteiger partial charge in [0.05, 0.1) is 22.0 Å². The molecule has 11 aromatic rings. The predicted octanol–water partition coefficient (Wildman–Crippen LogP) is 12.6. The van der Waals surface area contributed by atoms with Crippen LogP contribution < -0.4 is 0 Å². The maximum absolute atomic E-state index is 6.80. The first-order chi connectivity index (χ1) is 26.8. The fourth-order valence-corrected chi connectivity index (χ4v) is 7.64. The summed E-state index contributed by atoms with van der Waals surface area (Å²) >= 11 is 0. The summed E-state index contributed by atoms with van der Waals surface area (Å²) in [5, 5.41) is 5.05. The van der Waals surface area contributed by atoms with Gasteiger partial charge in [-0.25, -0.2) is 19.9 Å². The molecule has 4 heterocycles. The van der Waals surface area contributed by atoms with E-state index < -0.39 is 0 Å². The lowest BCUT2D eigenvalue weighted by Crippen LogP contribution is -2.00. The van der Waals surface area contributed by atoms with E-state index in [-0.39, 0.29) is 0 Å². The molecule has 0 aliphatic heterocycles. The van der Waals surface area contributed by atoms with Crippen molar-refractivity contribution in [2.45, 2.75) is 0 Å². The number of hydrogen-bond donors (Lipinski definition) is 0. The minimum Gasteiger partial charge on any atom is -0.455 e. The summed E-state index contributed by atoms with van der Waals surface area (Å²) in [6, 6.07) is 57.3. The molecule has 252 valence electrons. The van der Waals surface area contributed by atoms with Gasteiger partial charge >= 0.3 is 0 Å². The molecule has 0 unspecified atom stereocenters. The third kappa shape index (κ3) is 4.81. The Labute approximate surface area is 309 Å². The Morgan fingerprint density at radius 2 is 0.852 bits per heavy atom. The molecule has 11 rings (SSSR count). The fraction of sp³-hybridized carbons (Fsp3) is 0. The fourth-order valence-electron chi connectivity index (χ4n) is 7.64. The molecule has 0 atom stereocenters. The molecule has 7 aromatic carbocycles. The Bertz CT molecular complexity index is 3160. The molecule has 0 aliphatic carbocycles. The topological polar surface area (TPSA) is 77.8 Å². The van der Waals surface area contributed by atoms with Gasteiger partial charge < -0.3 is 8.83 Å². The monoisotopic (exact) mass is 692 g/mol. The molecular weight excluding hydrogens is 665 g/mol. The molecule has 6 nitrogen and oxygen atoms in total. The summed E-state index contributed by atoms with van der Waals surface area (Å²) < 4.78 is 13.3. The van der Waals surface area contributed by atoms with Gasteiger partial charge in [0.1, 0.15) is 22.3 Å². The smallest absolute Gasteiger partial charge is 0.164 e. The molecule has 0 bridgehead atoms. The predicted molar refractivity (Wildman–Crippen MR) is 217 cm³/mol. The lowest BCUT2D eigenvalue weighted by molar-refractivity contribution is 0.670. The second-order valence-electron chi connectivity index (χ2n) is 13.4. The van der Waals surface area contributed by atoms with Crippen molar-refractivity contribution in [2.24, 2.45) is 0 Å². The minimum absolute atomic E-state index is 0.583. The number of pyridine rings is 1. The molecule has 0 fully saturated rings. The Morgan fingerprint density at radius 3 is 1.59 bits per heavy atom. The number of aromatic nitrogens is 4. The van der Waals surface area contributed by atoms with Crippen LogP contribution in [0.3, 0.4) is 0 Å². The van der Waals surface area contributed by atoms with Crippen LogP contribution in [0.15, 0.2) is 179 Å². The van der Waals surface area contributed by atoms with E-state index in [9.17, 15) is 0 Å². The summed E-state index contributed by atoms with van der Waals surface area (Å²) in [4.78, 5) is 20.3. The lowest BCUT2D eigenvalue weighted by Gasteiger charge is -2.12. The van der Waals surface area contributed by atoms with Crippen LogP contribution in [0.5, 0.6) is 0 Å². The van der Waals surface area contributed by atoms with Gasteiger partial charge in [0.2, 0.25) is 0 Å². The van der Waals surface area contributed by atoms with Crippen LogP contribution in [0.1, 0.15) is 0 Å². The van der Waals surface area contributed by atoms with Crippen LogP contribution >= 0.6 is 0 Å². The first-order valence-electron chi connectivity index (χ1n) is 17.9. The second kappa shape index (κ2) is 12.1. The highest BCUT2D eigenvalue weighted by Gasteiger charge is 2.22. The van der Waals surface area contributed by atoms with Crippen LogP contribution in [0.25, 0.3) is 111 Å². The van der Waals surface area contributed by atoms with E-state index in [2.05, 4.69) is 60.7 Å². The zero-order chi connectivity index (χ0) is 35.6. The second-order valence-corrected chi connectivity index (χ2v) is 13.4. The number of hydrogen-bond acceptors (Lipinski definition) is 6. The van der Waals surface area contributed by atoms with Crippen LogP contribution in [-0.4, -0.2) is 19.9 Å². The zero-order valence-electron chi connectivity index (χ0n) is 28.8. The van der Waals surface area contributed by atoms with Gasteiger partial charge in [-0.1, -0.05) is 146 Å². The van der Waals surface area contributed by atoms with Gasteiger partial charge in [-0.05, 0) is 29.8 Å². The molecule has 6 heteroatoms. The SMILES string of the molecule is c1ccc(-c2nc(-c3ccccc3)nc(-c3cccc(-c4nc5cccc(-c6cccc7c6oc6ccccc67)c5c5oc6ccccc6c45)c3)n2)cc1. The Balaban J connectivity index is 1.14. The van der Waals surface area contributed by atoms with E-state index in [1.54, 1.807) is 0 Å². The molecular formula is C48H28N4O2. The minimum atomic E-state index is 0.583. The molecule has 54 heavy (non-hydrogen) atoms. The van der Waals surface area contributed by atoms with Gasteiger partial charge in [0.15, 0.2) is 17.5 Å². The van der Waals surface area contributed by atoms with Crippen LogP contribution in [0, 0.1) is 0 Å². The van der Waals surface area contributed by atoms with Gasteiger partial charge in [0.25, 0.3) is 0 Å². The van der Waals surface area contributed by atoms with Crippen molar-refractivity contribution < 1.29 is 8.83 Å². The van der Waals surface area contributed by atoms with E-state index in [1.165, 1.54) is 0 Å². The highest BCUT2D eigenvalue weighted by atomic mass is 16.3. The summed E-state index contributed by atoms with van der Waals surface area (Å²) in [6.45, 7) is 0. The average Bonchev–Trinajstić information content (AvgIpc) is 3.83. The molecule has 0 amide bonds. The van der Waals surface area contributed by atoms with E-state index in [0.29, 0.717) is 17.5 Å². The summed E-state index contributed by atoms with van der Waals surface area (Å²) in [7, 11) is 0. The maximum atomic E-state index is 6.80. The highest BCUT2D eigenvalue weighted by Crippen LogP contribution is 2.45. The van der Waals surface area contributed by atoms with E-state index >= 15 is 0 Å². The van der Waals surface area contributed by atoms with Gasteiger partial charge in [-0.3, -0.25) is 0 Å². The van der Waals surface area contributed by atoms with E-state index in [1.807, 2.05) is 109 Å². The van der Waals surface area contributed by atoms with Gasteiger partial charge in [0, 0.05) is 44.0 Å². The summed E-state index contributed by atoms with van der Waals surface area (Å²) in [6.07, 6.45) is 0. The molecule has 0 radical (unpaired) electrons. The lowest BCUT2D eigenvalue weighted by atomic mass is 9.95.